The number of carbonyl (C=O) groups is 1. The highest BCUT2D eigenvalue weighted by molar-refractivity contribution is 7.10. The molecule has 0 radical (unpaired) electrons. The van der Waals surface area contributed by atoms with Crippen LogP contribution in [0.25, 0.3) is 11.1 Å². The maximum absolute atomic E-state index is 11.7. The fraction of sp³-hybridized carbons (Fsp3) is 0.238. The molecule has 1 aliphatic heterocycles. The van der Waals surface area contributed by atoms with Crippen molar-refractivity contribution in [3.8, 4) is 16.9 Å². The first-order chi connectivity index (χ1) is 13.8. The van der Waals surface area contributed by atoms with E-state index in [1.54, 1.807) is 23.7 Å². The standard InChI is InChI=1S/C21H20ClN3O2S/c22-19-6-2-1-5-17(19)18-7-9-28-21(18)20-12-25(14-26)15(10-24-20)13-27-16-4-3-8-23-11-16/h1-9,11,14-15,20,24H,10,12-13H2. The summed E-state index contributed by atoms with van der Waals surface area (Å²) in [6.07, 6.45) is 4.29. The van der Waals surface area contributed by atoms with Crippen molar-refractivity contribution in [2.75, 3.05) is 19.7 Å². The van der Waals surface area contributed by atoms with Gasteiger partial charge in [-0.15, -0.1) is 11.3 Å². The Balaban J connectivity index is 1.47. The molecule has 4 rings (SSSR count). The molecule has 144 valence electrons. The highest BCUT2D eigenvalue weighted by Crippen LogP contribution is 2.37. The molecular formula is C21H20ClN3O2S. The number of aromatic nitrogens is 1. The summed E-state index contributed by atoms with van der Waals surface area (Å²) < 4.78 is 5.79. The van der Waals surface area contributed by atoms with Crippen molar-refractivity contribution in [3.05, 3.63) is 70.1 Å². The molecule has 0 spiro atoms. The van der Waals surface area contributed by atoms with E-state index >= 15 is 0 Å². The van der Waals surface area contributed by atoms with Crippen LogP contribution in [0.2, 0.25) is 5.02 Å². The normalized spacial score (nSPS) is 19.4. The minimum atomic E-state index is -0.0299. The van der Waals surface area contributed by atoms with Crippen LogP contribution in [0.15, 0.2) is 60.2 Å². The van der Waals surface area contributed by atoms with Gasteiger partial charge in [-0.05, 0) is 35.2 Å². The van der Waals surface area contributed by atoms with Gasteiger partial charge >= 0.3 is 0 Å². The maximum atomic E-state index is 11.7. The minimum absolute atomic E-state index is 0.0299. The number of ether oxygens (including phenoxy) is 1. The van der Waals surface area contributed by atoms with Crippen LogP contribution < -0.4 is 10.1 Å². The Morgan fingerprint density at radius 1 is 1.25 bits per heavy atom. The summed E-state index contributed by atoms with van der Waals surface area (Å²) in [7, 11) is 0. The zero-order chi connectivity index (χ0) is 19.3. The molecule has 3 aromatic rings. The third-order valence-corrected chi connectivity index (χ3v) is 6.21. The van der Waals surface area contributed by atoms with Gasteiger partial charge in [-0.3, -0.25) is 9.78 Å². The molecular weight excluding hydrogens is 394 g/mol. The van der Waals surface area contributed by atoms with E-state index in [0.29, 0.717) is 25.4 Å². The van der Waals surface area contributed by atoms with Crippen molar-refractivity contribution in [3.63, 3.8) is 0 Å². The number of nitrogens with one attached hydrogen (secondary N) is 1. The first-order valence-corrected chi connectivity index (χ1v) is 10.3. The molecule has 2 aromatic heterocycles. The smallest absolute Gasteiger partial charge is 0.210 e. The molecule has 5 nitrogen and oxygen atoms in total. The van der Waals surface area contributed by atoms with E-state index < -0.39 is 0 Å². The molecule has 1 fully saturated rings. The molecule has 2 atom stereocenters. The van der Waals surface area contributed by atoms with Gasteiger partial charge in [0.2, 0.25) is 6.41 Å². The van der Waals surface area contributed by atoms with Crippen molar-refractivity contribution < 1.29 is 9.53 Å². The lowest BCUT2D eigenvalue weighted by atomic mass is 10.0. The van der Waals surface area contributed by atoms with E-state index in [0.717, 1.165) is 22.6 Å². The SMILES string of the molecule is O=CN1CC(c2sccc2-c2ccccc2Cl)NCC1COc1cccnc1. The lowest BCUT2D eigenvalue weighted by molar-refractivity contribution is -0.122. The van der Waals surface area contributed by atoms with Gasteiger partial charge in [-0.2, -0.15) is 0 Å². The average Bonchev–Trinajstić information content (AvgIpc) is 3.23. The fourth-order valence-corrected chi connectivity index (χ4v) is 4.61. The Hall–Kier alpha value is -2.41. The van der Waals surface area contributed by atoms with Crippen LogP contribution in [0, 0.1) is 0 Å². The molecule has 0 bridgehead atoms. The second-order valence-corrected chi connectivity index (χ2v) is 7.95. The molecule has 1 aliphatic rings. The van der Waals surface area contributed by atoms with Crippen LogP contribution in [0.5, 0.6) is 5.75 Å². The molecule has 1 saturated heterocycles. The zero-order valence-electron chi connectivity index (χ0n) is 15.1. The molecule has 28 heavy (non-hydrogen) atoms. The first-order valence-electron chi connectivity index (χ1n) is 9.06. The predicted molar refractivity (Wildman–Crippen MR) is 112 cm³/mol. The molecule has 1 N–H and O–H groups in total. The molecule has 1 aromatic carbocycles. The summed E-state index contributed by atoms with van der Waals surface area (Å²) in [5.41, 5.74) is 2.13. The predicted octanol–water partition coefficient (Wildman–Crippen LogP) is 4.01. The summed E-state index contributed by atoms with van der Waals surface area (Å²) in [6.45, 7) is 1.66. The number of halogens is 1. The van der Waals surface area contributed by atoms with Gasteiger partial charge in [0.1, 0.15) is 12.4 Å². The Morgan fingerprint density at radius 3 is 2.93 bits per heavy atom. The average molecular weight is 414 g/mol. The lowest BCUT2D eigenvalue weighted by Crippen LogP contribution is -2.54. The zero-order valence-corrected chi connectivity index (χ0v) is 16.7. The first kappa shape index (κ1) is 18.9. The van der Waals surface area contributed by atoms with Crippen LogP contribution in [0.4, 0.5) is 0 Å². The minimum Gasteiger partial charge on any atom is -0.490 e. The Morgan fingerprint density at radius 2 is 2.14 bits per heavy atom. The number of pyridine rings is 1. The highest BCUT2D eigenvalue weighted by Gasteiger charge is 2.30. The van der Waals surface area contributed by atoms with E-state index in [1.807, 2.05) is 41.3 Å². The Labute approximate surface area is 172 Å². The van der Waals surface area contributed by atoms with E-state index in [4.69, 9.17) is 16.3 Å². The van der Waals surface area contributed by atoms with Crippen LogP contribution in [-0.2, 0) is 4.79 Å². The third kappa shape index (κ3) is 4.04. The third-order valence-electron chi connectivity index (χ3n) is 4.85. The number of benzene rings is 1. The number of piperazine rings is 1. The Kier molecular flexibility index (Phi) is 5.90. The molecule has 3 heterocycles. The molecule has 0 saturated carbocycles. The largest absolute Gasteiger partial charge is 0.490 e. The summed E-state index contributed by atoms with van der Waals surface area (Å²) in [4.78, 5) is 18.8. The number of amides is 1. The quantitative estimate of drug-likeness (QED) is 0.620. The number of rotatable bonds is 6. The van der Waals surface area contributed by atoms with Crippen molar-refractivity contribution in [1.82, 2.24) is 15.2 Å². The molecule has 0 aliphatic carbocycles. The summed E-state index contributed by atoms with van der Waals surface area (Å²) in [6, 6.07) is 13.6. The van der Waals surface area contributed by atoms with Crippen LogP contribution in [-0.4, -0.2) is 42.0 Å². The molecule has 2 unspecified atom stereocenters. The van der Waals surface area contributed by atoms with Crippen molar-refractivity contribution in [2.24, 2.45) is 0 Å². The van der Waals surface area contributed by atoms with Gasteiger partial charge in [0.15, 0.2) is 0 Å². The topological polar surface area (TPSA) is 54.5 Å². The fourth-order valence-electron chi connectivity index (χ4n) is 3.40. The van der Waals surface area contributed by atoms with E-state index in [2.05, 4.69) is 21.7 Å². The monoisotopic (exact) mass is 413 g/mol. The van der Waals surface area contributed by atoms with Crippen LogP contribution in [0.1, 0.15) is 10.9 Å². The van der Waals surface area contributed by atoms with E-state index in [-0.39, 0.29) is 12.1 Å². The second kappa shape index (κ2) is 8.73. The van der Waals surface area contributed by atoms with Gasteiger partial charge in [0.25, 0.3) is 0 Å². The number of thiophene rings is 1. The number of hydrogen-bond donors (Lipinski definition) is 1. The number of hydrogen-bond acceptors (Lipinski definition) is 5. The highest BCUT2D eigenvalue weighted by atomic mass is 35.5. The van der Waals surface area contributed by atoms with Gasteiger partial charge < -0.3 is 15.0 Å². The van der Waals surface area contributed by atoms with Crippen molar-refractivity contribution in [1.29, 1.82) is 0 Å². The molecule has 7 heteroatoms. The number of nitrogens with zero attached hydrogens (tertiary/aromatic N) is 2. The molecule has 1 amide bonds. The number of carbonyl (C=O) groups excluding carboxylic acids is 1. The summed E-state index contributed by atoms with van der Waals surface area (Å²) >= 11 is 8.08. The maximum Gasteiger partial charge on any atom is 0.210 e. The lowest BCUT2D eigenvalue weighted by Gasteiger charge is -2.38. The van der Waals surface area contributed by atoms with Gasteiger partial charge in [0.05, 0.1) is 18.3 Å². The van der Waals surface area contributed by atoms with E-state index in [9.17, 15) is 4.79 Å². The van der Waals surface area contributed by atoms with Gasteiger partial charge in [-0.25, -0.2) is 0 Å². The summed E-state index contributed by atoms with van der Waals surface area (Å²) in [5.74, 6) is 0.703. The van der Waals surface area contributed by atoms with Crippen molar-refractivity contribution in [2.45, 2.75) is 12.1 Å². The second-order valence-electron chi connectivity index (χ2n) is 6.59. The van der Waals surface area contributed by atoms with Gasteiger partial charge in [0, 0.05) is 34.7 Å². The van der Waals surface area contributed by atoms with Gasteiger partial charge in [-0.1, -0.05) is 29.8 Å². The Bertz CT molecular complexity index is 934. The summed E-state index contributed by atoms with van der Waals surface area (Å²) in [5, 5.41) is 6.37. The van der Waals surface area contributed by atoms with Crippen molar-refractivity contribution >= 4 is 29.3 Å². The van der Waals surface area contributed by atoms with E-state index in [1.165, 1.54) is 4.88 Å². The van der Waals surface area contributed by atoms with Crippen LogP contribution in [0.3, 0.4) is 0 Å². The van der Waals surface area contributed by atoms with Crippen LogP contribution >= 0.6 is 22.9 Å².